The maximum Gasteiger partial charge on any atom is 0.416 e. The molecule has 0 saturated heterocycles. The Hall–Kier alpha value is -3.17. The number of carbonyl (C=O) groups is 1. The molecule has 3 N–H and O–H groups in total. The topological polar surface area (TPSA) is 79.2 Å². The molecule has 3 aromatic rings. The number of amides is 1. The van der Waals surface area contributed by atoms with Gasteiger partial charge in [-0.2, -0.15) is 18.3 Å². The van der Waals surface area contributed by atoms with Gasteiger partial charge in [0.05, 0.1) is 29.9 Å². The zero-order chi connectivity index (χ0) is 22.9. The van der Waals surface area contributed by atoms with Crippen LogP contribution in [-0.4, -0.2) is 20.8 Å². The Balaban J connectivity index is 1.49. The summed E-state index contributed by atoms with van der Waals surface area (Å²) in [5.41, 5.74) is 2.22. The van der Waals surface area contributed by atoms with E-state index in [-0.39, 0.29) is 11.7 Å². The third kappa shape index (κ3) is 4.53. The van der Waals surface area contributed by atoms with Crippen LogP contribution in [0.25, 0.3) is 0 Å². The van der Waals surface area contributed by atoms with Crippen LogP contribution in [0.5, 0.6) is 0 Å². The molecule has 2 unspecified atom stereocenters. The summed E-state index contributed by atoms with van der Waals surface area (Å²) < 4.78 is 40.1. The highest BCUT2D eigenvalue weighted by Crippen LogP contribution is 2.31. The second-order valence-corrected chi connectivity index (χ2v) is 7.72. The van der Waals surface area contributed by atoms with Gasteiger partial charge < -0.3 is 15.7 Å². The molecule has 4 rings (SSSR count). The first-order chi connectivity index (χ1) is 15.3. The number of hydrogen-bond donors (Lipinski definition) is 3. The first-order valence-electron chi connectivity index (χ1n) is 10.3. The van der Waals surface area contributed by atoms with Gasteiger partial charge in [0.2, 0.25) is 0 Å². The number of halogens is 3. The van der Waals surface area contributed by atoms with Crippen LogP contribution in [0.15, 0.2) is 54.6 Å². The monoisotopic (exact) mass is 444 g/mol. The van der Waals surface area contributed by atoms with Crippen LogP contribution in [-0.2, 0) is 19.3 Å². The van der Waals surface area contributed by atoms with E-state index in [0.717, 1.165) is 17.8 Å². The van der Waals surface area contributed by atoms with E-state index in [9.17, 15) is 23.1 Å². The van der Waals surface area contributed by atoms with E-state index in [4.69, 9.17) is 0 Å². The lowest BCUT2D eigenvalue weighted by atomic mass is 10.0. The number of aliphatic hydroxyl groups excluding tert-OH is 1. The Kier molecular flexibility index (Phi) is 6.03. The van der Waals surface area contributed by atoms with Crippen molar-refractivity contribution in [2.45, 2.75) is 44.8 Å². The van der Waals surface area contributed by atoms with Crippen LogP contribution in [0.4, 0.5) is 18.9 Å². The van der Waals surface area contributed by atoms with Crippen molar-refractivity contribution in [3.8, 4) is 0 Å². The Morgan fingerprint density at radius 2 is 1.97 bits per heavy atom. The average Bonchev–Trinajstić information content (AvgIpc) is 3.22. The number of fused-ring (bicyclic) bond motifs is 1. The second kappa shape index (κ2) is 8.76. The van der Waals surface area contributed by atoms with Crippen molar-refractivity contribution >= 4 is 11.6 Å². The summed E-state index contributed by atoms with van der Waals surface area (Å²) in [6.45, 7) is 2.67. The number of hydrogen-bond acceptors (Lipinski definition) is 4. The summed E-state index contributed by atoms with van der Waals surface area (Å²) in [7, 11) is 0. The standard InChI is InChI=1S/C23H23F3N4O2/c1-2-21(31)17-5-3-4-6-18(17)28-22(32)19-11-16-12-27-20(13-30(16)29-19)14-7-9-15(10-8-14)23(24,25)26/h3-11,20-21,27,31H,2,12-13H2,1H3,(H,28,32). The number of carbonyl (C=O) groups excluding carboxylic acids is 1. The van der Waals surface area contributed by atoms with E-state index in [0.29, 0.717) is 36.3 Å². The molecule has 6 nitrogen and oxygen atoms in total. The first kappa shape index (κ1) is 22.0. The summed E-state index contributed by atoms with van der Waals surface area (Å²) in [6, 6.07) is 13.6. The van der Waals surface area contributed by atoms with E-state index in [1.807, 2.05) is 6.92 Å². The second-order valence-electron chi connectivity index (χ2n) is 7.72. The Labute approximate surface area is 183 Å². The molecule has 168 valence electrons. The number of benzene rings is 2. The van der Waals surface area contributed by atoms with Gasteiger partial charge in [-0.15, -0.1) is 0 Å². The number of alkyl halides is 3. The number of anilines is 1. The van der Waals surface area contributed by atoms with Crippen molar-refractivity contribution in [2.24, 2.45) is 0 Å². The van der Waals surface area contributed by atoms with E-state index < -0.39 is 23.8 Å². The SMILES string of the molecule is CCC(O)c1ccccc1NC(=O)c1cc2n(n1)CC(c1ccc(C(F)(F)F)cc1)NC2. The quantitative estimate of drug-likeness (QED) is 0.544. The molecule has 0 radical (unpaired) electrons. The lowest BCUT2D eigenvalue weighted by Crippen LogP contribution is -2.32. The van der Waals surface area contributed by atoms with E-state index >= 15 is 0 Å². The fourth-order valence-corrected chi connectivity index (χ4v) is 3.77. The zero-order valence-electron chi connectivity index (χ0n) is 17.4. The number of nitrogens with one attached hydrogen (secondary N) is 2. The molecule has 2 atom stereocenters. The summed E-state index contributed by atoms with van der Waals surface area (Å²) in [6.07, 6.45) is -4.54. The number of rotatable bonds is 5. The highest BCUT2D eigenvalue weighted by molar-refractivity contribution is 6.03. The maximum absolute atomic E-state index is 12.8. The molecule has 1 aliphatic heterocycles. The predicted molar refractivity (Wildman–Crippen MR) is 113 cm³/mol. The maximum atomic E-state index is 12.8. The fourth-order valence-electron chi connectivity index (χ4n) is 3.77. The normalized spacial score (nSPS) is 17.0. The van der Waals surface area contributed by atoms with Gasteiger partial charge in [-0.1, -0.05) is 37.3 Å². The summed E-state index contributed by atoms with van der Waals surface area (Å²) >= 11 is 0. The molecule has 1 aromatic heterocycles. The average molecular weight is 444 g/mol. The van der Waals surface area contributed by atoms with Gasteiger partial charge in [-0.05, 0) is 36.2 Å². The van der Waals surface area contributed by atoms with Gasteiger partial charge in [0.25, 0.3) is 5.91 Å². The minimum Gasteiger partial charge on any atom is -0.388 e. The largest absolute Gasteiger partial charge is 0.416 e. The molecule has 0 bridgehead atoms. The highest BCUT2D eigenvalue weighted by atomic mass is 19.4. The van der Waals surface area contributed by atoms with Crippen LogP contribution in [0.3, 0.4) is 0 Å². The van der Waals surface area contributed by atoms with Crippen molar-refractivity contribution in [2.75, 3.05) is 5.32 Å². The molecule has 0 fully saturated rings. The predicted octanol–water partition coefficient (Wildman–Crippen LogP) is 4.44. The van der Waals surface area contributed by atoms with Gasteiger partial charge in [-0.3, -0.25) is 9.48 Å². The van der Waals surface area contributed by atoms with E-state index in [2.05, 4.69) is 15.7 Å². The molecule has 32 heavy (non-hydrogen) atoms. The van der Waals surface area contributed by atoms with E-state index in [1.54, 1.807) is 35.0 Å². The summed E-state index contributed by atoms with van der Waals surface area (Å²) in [5, 5.41) is 20.7. The molecule has 0 aliphatic carbocycles. The minimum atomic E-state index is -4.37. The number of aromatic nitrogens is 2. The first-order valence-corrected chi connectivity index (χ1v) is 10.3. The van der Waals surface area contributed by atoms with Crippen molar-refractivity contribution in [3.05, 3.63) is 82.7 Å². The molecule has 2 aromatic carbocycles. The van der Waals surface area contributed by atoms with Crippen molar-refractivity contribution < 1.29 is 23.1 Å². The fraction of sp³-hybridized carbons (Fsp3) is 0.304. The zero-order valence-corrected chi connectivity index (χ0v) is 17.4. The number of nitrogens with zero attached hydrogens (tertiary/aromatic N) is 2. The third-order valence-electron chi connectivity index (χ3n) is 5.58. The lowest BCUT2D eigenvalue weighted by Gasteiger charge is -2.25. The molecule has 0 saturated carbocycles. The van der Waals surface area contributed by atoms with Crippen LogP contribution in [0, 0.1) is 0 Å². The summed E-state index contributed by atoms with van der Waals surface area (Å²) in [5.74, 6) is -0.395. The molecule has 9 heteroatoms. The Morgan fingerprint density at radius 3 is 2.66 bits per heavy atom. The Bertz CT molecular complexity index is 1110. The van der Waals surface area contributed by atoms with Crippen LogP contribution >= 0.6 is 0 Å². The van der Waals surface area contributed by atoms with E-state index in [1.165, 1.54) is 12.1 Å². The van der Waals surface area contributed by atoms with Crippen molar-refractivity contribution in [3.63, 3.8) is 0 Å². The molecular formula is C23H23F3N4O2. The van der Waals surface area contributed by atoms with Crippen molar-refractivity contribution in [1.29, 1.82) is 0 Å². The van der Waals surface area contributed by atoms with Gasteiger partial charge in [0.1, 0.15) is 0 Å². The third-order valence-corrected chi connectivity index (χ3v) is 5.58. The van der Waals surface area contributed by atoms with Crippen LogP contribution in [0.2, 0.25) is 0 Å². The summed E-state index contributed by atoms with van der Waals surface area (Å²) in [4.78, 5) is 12.8. The number of aliphatic hydroxyl groups is 1. The smallest absolute Gasteiger partial charge is 0.388 e. The van der Waals surface area contributed by atoms with Gasteiger partial charge in [0.15, 0.2) is 5.69 Å². The van der Waals surface area contributed by atoms with Gasteiger partial charge in [0, 0.05) is 17.8 Å². The highest BCUT2D eigenvalue weighted by Gasteiger charge is 2.31. The molecule has 1 aliphatic rings. The van der Waals surface area contributed by atoms with Gasteiger partial charge >= 0.3 is 6.18 Å². The van der Waals surface area contributed by atoms with Crippen LogP contribution in [0.1, 0.15) is 58.4 Å². The lowest BCUT2D eigenvalue weighted by molar-refractivity contribution is -0.137. The molecule has 1 amide bonds. The molecular weight excluding hydrogens is 421 g/mol. The minimum absolute atomic E-state index is 0.221. The molecule has 0 spiro atoms. The molecule has 2 heterocycles. The van der Waals surface area contributed by atoms with Crippen molar-refractivity contribution in [1.82, 2.24) is 15.1 Å². The number of para-hydroxylation sites is 1. The van der Waals surface area contributed by atoms with Gasteiger partial charge in [-0.25, -0.2) is 0 Å². The Morgan fingerprint density at radius 1 is 1.25 bits per heavy atom. The van der Waals surface area contributed by atoms with Crippen LogP contribution < -0.4 is 10.6 Å².